The molecule has 25 heavy (non-hydrogen) atoms. The summed E-state index contributed by atoms with van der Waals surface area (Å²) in [5.41, 5.74) is 1.92. The van der Waals surface area contributed by atoms with Crippen molar-refractivity contribution in [3.8, 4) is 11.3 Å². The number of carbonyl (C=O) groups is 1. The standard InChI is InChI=1S/C17H20N4OS3/c1-20-7-9-21(10-8-20)17(23)25-12-15(22)19-16-18-14(11-24-16)13-5-3-2-4-6-13/h2-6,11H,7-10,12H2,1H3,(H,18,19,22). The molecular weight excluding hydrogens is 372 g/mol. The van der Waals surface area contributed by atoms with E-state index < -0.39 is 0 Å². The van der Waals surface area contributed by atoms with Crippen molar-refractivity contribution in [2.75, 3.05) is 44.3 Å². The first-order chi connectivity index (χ1) is 12.1. The minimum Gasteiger partial charge on any atom is -0.355 e. The second kappa shape index (κ2) is 8.75. The van der Waals surface area contributed by atoms with Crippen LogP contribution in [0.25, 0.3) is 11.3 Å². The highest BCUT2D eigenvalue weighted by Crippen LogP contribution is 2.24. The van der Waals surface area contributed by atoms with E-state index in [0.29, 0.717) is 10.9 Å². The van der Waals surface area contributed by atoms with Gasteiger partial charge >= 0.3 is 0 Å². The Balaban J connectivity index is 1.47. The highest BCUT2D eigenvalue weighted by Gasteiger charge is 2.17. The van der Waals surface area contributed by atoms with Crippen LogP contribution in [0, 0.1) is 0 Å². The van der Waals surface area contributed by atoms with Crippen LogP contribution in [0.3, 0.4) is 0 Å². The number of benzene rings is 1. The summed E-state index contributed by atoms with van der Waals surface area (Å²) < 4.78 is 0.798. The highest BCUT2D eigenvalue weighted by molar-refractivity contribution is 8.23. The molecule has 1 N–H and O–H groups in total. The predicted octanol–water partition coefficient (Wildman–Crippen LogP) is 3.01. The molecule has 1 amide bonds. The number of amides is 1. The van der Waals surface area contributed by atoms with Crippen LogP contribution >= 0.6 is 35.3 Å². The zero-order valence-electron chi connectivity index (χ0n) is 14.0. The number of thiocarbonyl (C=S) groups is 1. The second-order valence-electron chi connectivity index (χ2n) is 5.80. The number of hydrogen-bond donors (Lipinski definition) is 1. The highest BCUT2D eigenvalue weighted by atomic mass is 32.2. The molecule has 3 rings (SSSR count). The Morgan fingerprint density at radius 2 is 2.00 bits per heavy atom. The van der Waals surface area contributed by atoms with E-state index in [0.717, 1.165) is 41.8 Å². The molecule has 8 heteroatoms. The van der Waals surface area contributed by atoms with Crippen LogP contribution in [0.15, 0.2) is 35.7 Å². The van der Waals surface area contributed by atoms with Gasteiger partial charge in [-0.2, -0.15) is 0 Å². The monoisotopic (exact) mass is 392 g/mol. The first-order valence-corrected chi connectivity index (χ1v) is 10.3. The fourth-order valence-electron chi connectivity index (χ4n) is 2.44. The molecule has 0 unspecified atom stereocenters. The molecule has 1 saturated heterocycles. The average molecular weight is 393 g/mol. The number of rotatable bonds is 4. The maximum Gasteiger partial charge on any atom is 0.236 e. The minimum atomic E-state index is -0.0737. The molecule has 2 aromatic rings. The van der Waals surface area contributed by atoms with E-state index in [4.69, 9.17) is 12.2 Å². The van der Waals surface area contributed by atoms with E-state index >= 15 is 0 Å². The van der Waals surface area contributed by atoms with Crippen LogP contribution in [0.2, 0.25) is 0 Å². The molecule has 2 heterocycles. The van der Waals surface area contributed by atoms with Crippen LogP contribution in [0.5, 0.6) is 0 Å². The van der Waals surface area contributed by atoms with Crippen molar-refractivity contribution in [2.24, 2.45) is 0 Å². The van der Waals surface area contributed by atoms with Gasteiger partial charge in [0.1, 0.15) is 4.32 Å². The van der Waals surface area contributed by atoms with Gasteiger partial charge in [-0.25, -0.2) is 4.98 Å². The van der Waals surface area contributed by atoms with E-state index in [1.54, 1.807) is 0 Å². The largest absolute Gasteiger partial charge is 0.355 e. The Bertz CT molecular complexity index is 727. The van der Waals surface area contributed by atoms with Gasteiger partial charge in [0.2, 0.25) is 5.91 Å². The molecule has 1 aromatic carbocycles. The lowest BCUT2D eigenvalue weighted by Gasteiger charge is -2.33. The van der Waals surface area contributed by atoms with Gasteiger partial charge in [-0.05, 0) is 7.05 Å². The maximum atomic E-state index is 12.1. The Morgan fingerprint density at radius 3 is 2.72 bits per heavy atom. The third-order valence-electron chi connectivity index (χ3n) is 3.91. The van der Waals surface area contributed by atoms with Crippen molar-refractivity contribution in [3.63, 3.8) is 0 Å². The third-order valence-corrected chi connectivity index (χ3v) is 6.19. The minimum absolute atomic E-state index is 0.0737. The smallest absolute Gasteiger partial charge is 0.236 e. The number of aromatic nitrogens is 1. The summed E-state index contributed by atoms with van der Waals surface area (Å²) in [7, 11) is 2.11. The number of thioether (sulfide) groups is 1. The lowest BCUT2D eigenvalue weighted by Crippen LogP contribution is -2.46. The van der Waals surface area contributed by atoms with Crippen molar-refractivity contribution in [1.82, 2.24) is 14.8 Å². The Kier molecular flexibility index (Phi) is 6.41. The molecule has 5 nitrogen and oxygen atoms in total. The van der Waals surface area contributed by atoms with Crippen LogP contribution in [0.1, 0.15) is 0 Å². The van der Waals surface area contributed by atoms with Gasteiger partial charge in [0, 0.05) is 37.1 Å². The van der Waals surface area contributed by atoms with Crippen molar-refractivity contribution < 1.29 is 4.79 Å². The normalized spacial score (nSPS) is 15.2. The molecule has 0 atom stereocenters. The molecule has 0 radical (unpaired) electrons. The zero-order valence-corrected chi connectivity index (χ0v) is 16.4. The average Bonchev–Trinajstić information content (AvgIpc) is 3.09. The molecule has 1 aliphatic heterocycles. The summed E-state index contributed by atoms with van der Waals surface area (Å²) in [6.07, 6.45) is 0. The topological polar surface area (TPSA) is 48.5 Å². The molecule has 1 aromatic heterocycles. The van der Waals surface area contributed by atoms with E-state index in [1.165, 1.54) is 23.1 Å². The van der Waals surface area contributed by atoms with Gasteiger partial charge in [0.25, 0.3) is 0 Å². The summed E-state index contributed by atoms with van der Waals surface area (Å²) in [6.45, 7) is 3.87. The number of piperazine rings is 1. The van der Waals surface area contributed by atoms with Crippen LogP contribution in [-0.4, -0.2) is 64.0 Å². The predicted molar refractivity (Wildman–Crippen MR) is 110 cm³/mol. The third kappa shape index (κ3) is 5.24. The summed E-state index contributed by atoms with van der Waals surface area (Å²) in [5.74, 6) is 0.237. The van der Waals surface area contributed by atoms with Crippen molar-refractivity contribution in [3.05, 3.63) is 35.7 Å². The first kappa shape index (κ1) is 18.3. The summed E-state index contributed by atoms with van der Waals surface area (Å²) in [5, 5.41) is 5.43. The molecule has 0 saturated carbocycles. The van der Waals surface area contributed by atoms with Crippen molar-refractivity contribution >= 4 is 50.7 Å². The molecule has 132 valence electrons. The van der Waals surface area contributed by atoms with E-state index in [2.05, 4.69) is 27.1 Å². The number of nitrogens with one attached hydrogen (secondary N) is 1. The van der Waals surface area contributed by atoms with E-state index in [1.807, 2.05) is 35.7 Å². The maximum absolute atomic E-state index is 12.1. The van der Waals surface area contributed by atoms with Gasteiger partial charge < -0.3 is 15.1 Å². The molecular formula is C17H20N4OS3. The Labute approximate surface area is 161 Å². The Morgan fingerprint density at radius 1 is 1.28 bits per heavy atom. The fraction of sp³-hybridized carbons (Fsp3) is 0.353. The van der Waals surface area contributed by atoms with Gasteiger partial charge in [-0.1, -0.05) is 54.3 Å². The number of likely N-dealkylation sites (N-methyl/N-ethyl adjacent to an activating group) is 1. The molecule has 1 aliphatic rings. The zero-order chi connectivity index (χ0) is 17.6. The summed E-state index contributed by atoms with van der Waals surface area (Å²) in [6, 6.07) is 9.93. The van der Waals surface area contributed by atoms with Crippen molar-refractivity contribution in [1.29, 1.82) is 0 Å². The lowest BCUT2D eigenvalue weighted by atomic mass is 10.2. The Hall–Kier alpha value is -1.48. The summed E-state index contributed by atoms with van der Waals surface area (Å²) >= 11 is 8.29. The van der Waals surface area contributed by atoms with Gasteiger partial charge in [-0.3, -0.25) is 4.79 Å². The van der Waals surface area contributed by atoms with Gasteiger partial charge in [0.15, 0.2) is 5.13 Å². The first-order valence-electron chi connectivity index (χ1n) is 8.03. The van der Waals surface area contributed by atoms with Crippen LogP contribution in [0.4, 0.5) is 5.13 Å². The molecule has 0 spiro atoms. The van der Waals surface area contributed by atoms with E-state index in [-0.39, 0.29) is 5.91 Å². The van der Waals surface area contributed by atoms with Gasteiger partial charge in [-0.15, -0.1) is 11.3 Å². The van der Waals surface area contributed by atoms with Gasteiger partial charge in [0.05, 0.1) is 11.4 Å². The SMILES string of the molecule is CN1CCN(C(=S)SCC(=O)Nc2nc(-c3ccccc3)cs2)CC1. The number of nitrogens with zero attached hydrogens (tertiary/aromatic N) is 3. The number of hydrogen-bond acceptors (Lipinski definition) is 6. The van der Waals surface area contributed by atoms with Crippen LogP contribution in [-0.2, 0) is 4.79 Å². The number of carbonyl (C=O) groups excluding carboxylic acids is 1. The quantitative estimate of drug-likeness (QED) is 0.807. The number of anilines is 1. The van der Waals surface area contributed by atoms with E-state index in [9.17, 15) is 4.79 Å². The number of thiazole rings is 1. The summed E-state index contributed by atoms with van der Waals surface area (Å²) in [4.78, 5) is 21.1. The fourth-order valence-corrected chi connectivity index (χ4v) is 4.22. The molecule has 1 fully saturated rings. The van der Waals surface area contributed by atoms with Crippen molar-refractivity contribution in [2.45, 2.75) is 0 Å². The molecule has 0 bridgehead atoms. The lowest BCUT2D eigenvalue weighted by molar-refractivity contribution is -0.113. The second-order valence-corrected chi connectivity index (χ2v) is 8.26. The van der Waals surface area contributed by atoms with Crippen LogP contribution < -0.4 is 5.32 Å². The molecule has 0 aliphatic carbocycles.